The SMILES string of the molecule is CCN(C(=O)c1cc(F)cc(F)c1-n1nccn1)[C@@H](C)COc1ncc(C(C)(F)F)cc1F. The van der Waals surface area contributed by atoms with Crippen molar-refractivity contribution in [3.8, 4) is 11.6 Å². The Balaban J connectivity index is 1.82. The smallest absolute Gasteiger partial charge is 0.272 e. The van der Waals surface area contributed by atoms with Gasteiger partial charge in [0.2, 0.25) is 5.88 Å². The van der Waals surface area contributed by atoms with Gasteiger partial charge in [-0.3, -0.25) is 4.79 Å². The maximum absolute atomic E-state index is 14.5. The molecule has 3 aromatic rings. The van der Waals surface area contributed by atoms with Crippen molar-refractivity contribution in [2.24, 2.45) is 0 Å². The monoisotopic (exact) mass is 469 g/mol. The molecule has 3 rings (SSSR count). The van der Waals surface area contributed by atoms with Crippen LogP contribution in [0.1, 0.15) is 36.7 Å². The summed E-state index contributed by atoms with van der Waals surface area (Å²) in [4.78, 5) is 18.8. The molecule has 0 saturated heterocycles. The number of likely N-dealkylation sites (N-methyl/N-ethyl adjacent to an activating group) is 1. The highest BCUT2D eigenvalue weighted by Gasteiger charge is 2.28. The first-order chi connectivity index (χ1) is 15.5. The maximum atomic E-state index is 14.5. The number of carbonyl (C=O) groups is 1. The molecule has 1 amide bonds. The number of amides is 1. The van der Waals surface area contributed by atoms with Crippen molar-refractivity contribution in [2.75, 3.05) is 13.2 Å². The van der Waals surface area contributed by atoms with Gasteiger partial charge in [0.05, 0.1) is 24.0 Å². The summed E-state index contributed by atoms with van der Waals surface area (Å²) in [6.45, 7) is 3.66. The van der Waals surface area contributed by atoms with Crippen LogP contribution in [0.3, 0.4) is 0 Å². The fourth-order valence-electron chi connectivity index (χ4n) is 3.13. The molecule has 0 radical (unpaired) electrons. The zero-order valence-corrected chi connectivity index (χ0v) is 17.9. The number of alkyl halides is 2. The number of aromatic nitrogens is 4. The van der Waals surface area contributed by atoms with E-state index in [4.69, 9.17) is 4.74 Å². The van der Waals surface area contributed by atoms with Gasteiger partial charge in [-0.15, -0.1) is 4.80 Å². The van der Waals surface area contributed by atoms with Gasteiger partial charge >= 0.3 is 0 Å². The number of carbonyl (C=O) groups excluding carboxylic acids is 1. The van der Waals surface area contributed by atoms with Crippen molar-refractivity contribution < 1.29 is 31.5 Å². The molecule has 1 atom stereocenters. The predicted octanol–water partition coefficient (Wildman–Crippen LogP) is 4.12. The van der Waals surface area contributed by atoms with Crippen molar-refractivity contribution in [3.63, 3.8) is 0 Å². The summed E-state index contributed by atoms with van der Waals surface area (Å²) in [5.74, 6) is -7.62. The van der Waals surface area contributed by atoms with Crippen molar-refractivity contribution in [1.82, 2.24) is 24.9 Å². The van der Waals surface area contributed by atoms with Crippen LogP contribution >= 0.6 is 0 Å². The third-order valence-electron chi connectivity index (χ3n) is 4.79. The molecular formula is C21H20F5N5O2. The predicted molar refractivity (Wildman–Crippen MR) is 107 cm³/mol. The highest BCUT2D eigenvalue weighted by atomic mass is 19.3. The molecule has 0 aliphatic rings. The number of benzene rings is 1. The average molecular weight is 469 g/mol. The van der Waals surface area contributed by atoms with E-state index in [0.29, 0.717) is 19.1 Å². The second kappa shape index (κ2) is 9.51. The maximum Gasteiger partial charge on any atom is 0.272 e. The lowest BCUT2D eigenvalue weighted by molar-refractivity contribution is 0.0165. The van der Waals surface area contributed by atoms with E-state index in [-0.39, 0.29) is 24.4 Å². The second-order valence-corrected chi connectivity index (χ2v) is 7.25. The zero-order chi connectivity index (χ0) is 24.3. The number of hydrogen-bond acceptors (Lipinski definition) is 5. The fourth-order valence-corrected chi connectivity index (χ4v) is 3.13. The summed E-state index contributed by atoms with van der Waals surface area (Å²) >= 11 is 0. The molecule has 0 saturated carbocycles. The minimum absolute atomic E-state index is 0.115. The van der Waals surface area contributed by atoms with Crippen LogP contribution in [0, 0.1) is 17.5 Å². The Morgan fingerprint density at radius 1 is 1.15 bits per heavy atom. The number of pyridine rings is 1. The molecule has 0 spiro atoms. The Bertz CT molecular complexity index is 1130. The zero-order valence-electron chi connectivity index (χ0n) is 17.9. The van der Waals surface area contributed by atoms with E-state index in [1.807, 2.05) is 0 Å². The minimum atomic E-state index is -3.27. The first kappa shape index (κ1) is 24.1. The van der Waals surface area contributed by atoms with Gasteiger partial charge in [-0.1, -0.05) is 0 Å². The first-order valence-corrected chi connectivity index (χ1v) is 9.86. The Morgan fingerprint density at radius 3 is 2.39 bits per heavy atom. The number of ether oxygens (including phenoxy) is 1. The molecule has 2 heterocycles. The van der Waals surface area contributed by atoms with E-state index in [0.717, 1.165) is 17.1 Å². The van der Waals surface area contributed by atoms with Crippen molar-refractivity contribution >= 4 is 5.91 Å². The molecule has 0 aliphatic heterocycles. The summed E-state index contributed by atoms with van der Waals surface area (Å²) in [5, 5.41) is 7.61. The molecule has 33 heavy (non-hydrogen) atoms. The molecular weight excluding hydrogens is 449 g/mol. The minimum Gasteiger partial charge on any atom is -0.473 e. The van der Waals surface area contributed by atoms with E-state index in [1.54, 1.807) is 13.8 Å². The average Bonchev–Trinajstić information content (AvgIpc) is 3.26. The standard InChI is InChI=1S/C21H20F5N5O2/c1-4-30(12(2)11-33-19-17(24)7-13(10-27-19)21(3,25)26)20(32)15-8-14(22)9-16(23)18(15)31-28-5-6-29-31/h5-10,12H,4,11H2,1-3H3/t12-/m0/s1. The lowest BCUT2D eigenvalue weighted by atomic mass is 10.1. The molecule has 0 bridgehead atoms. The number of rotatable bonds is 8. The highest BCUT2D eigenvalue weighted by molar-refractivity contribution is 5.98. The van der Waals surface area contributed by atoms with Crippen LogP contribution < -0.4 is 4.74 Å². The van der Waals surface area contributed by atoms with Gasteiger partial charge in [0.15, 0.2) is 11.6 Å². The molecule has 7 nitrogen and oxygen atoms in total. The van der Waals surface area contributed by atoms with Crippen LogP contribution in [-0.2, 0) is 5.92 Å². The Labute approximate surface area is 185 Å². The summed E-state index contributed by atoms with van der Waals surface area (Å²) in [6, 6.07) is 1.39. The molecule has 0 aliphatic carbocycles. The largest absolute Gasteiger partial charge is 0.473 e. The van der Waals surface area contributed by atoms with E-state index in [2.05, 4.69) is 15.2 Å². The van der Waals surface area contributed by atoms with Crippen LogP contribution in [0.5, 0.6) is 5.88 Å². The normalized spacial score (nSPS) is 12.5. The molecule has 0 fully saturated rings. The third-order valence-corrected chi connectivity index (χ3v) is 4.79. The fraction of sp³-hybridized carbons (Fsp3) is 0.333. The van der Waals surface area contributed by atoms with Gasteiger partial charge in [-0.25, -0.2) is 26.9 Å². The summed E-state index contributed by atoms with van der Waals surface area (Å²) in [5.41, 5.74) is -1.27. The van der Waals surface area contributed by atoms with Gasteiger partial charge in [0.1, 0.15) is 18.1 Å². The Hall–Kier alpha value is -3.57. The van der Waals surface area contributed by atoms with Crippen molar-refractivity contribution in [2.45, 2.75) is 32.7 Å². The van der Waals surface area contributed by atoms with Crippen LogP contribution in [0.4, 0.5) is 22.0 Å². The highest BCUT2D eigenvalue weighted by Crippen LogP contribution is 2.29. The Kier molecular flexibility index (Phi) is 6.94. The second-order valence-electron chi connectivity index (χ2n) is 7.25. The van der Waals surface area contributed by atoms with Crippen LogP contribution in [0.25, 0.3) is 5.69 Å². The van der Waals surface area contributed by atoms with E-state index in [9.17, 15) is 26.7 Å². The third kappa shape index (κ3) is 5.26. The van der Waals surface area contributed by atoms with Crippen LogP contribution in [0.15, 0.2) is 36.8 Å². The Morgan fingerprint density at radius 2 is 1.82 bits per heavy atom. The van der Waals surface area contributed by atoms with Crippen molar-refractivity contribution in [3.05, 3.63) is 65.4 Å². The molecule has 0 N–H and O–H groups in total. The van der Waals surface area contributed by atoms with Gasteiger partial charge in [0.25, 0.3) is 11.8 Å². The molecule has 1 aromatic carbocycles. The molecule has 2 aromatic heterocycles. The van der Waals surface area contributed by atoms with E-state index >= 15 is 0 Å². The van der Waals surface area contributed by atoms with Crippen molar-refractivity contribution in [1.29, 1.82) is 0 Å². The number of halogens is 5. The summed E-state index contributed by atoms with van der Waals surface area (Å²) in [6.07, 6.45) is 3.34. The quantitative estimate of drug-likeness (QED) is 0.464. The summed E-state index contributed by atoms with van der Waals surface area (Å²) in [7, 11) is 0. The molecule has 12 heteroatoms. The topological polar surface area (TPSA) is 73.1 Å². The molecule has 176 valence electrons. The molecule has 0 unspecified atom stereocenters. The van der Waals surface area contributed by atoms with E-state index in [1.165, 1.54) is 17.3 Å². The van der Waals surface area contributed by atoms with Crippen LogP contribution in [-0.4, -0.2) is 50.0 Å². The van der Waals surface area contributed by atoms with E-state index < -0.39 is 46.8 Å². The van der Waals surface area contributed by atoms with Gasteiger partial charge in [-0.05, 0) is 26.0 Å². The number of nitrogens with zero attached hydrogens (tertiary/aromatic N) is 5. The van der Waals surface area contributed by atoms with Gasteiger partial charge in [0, 0.05) is 31.3 Å². The van der Waals surface area contributed by atoms with Gasteiger partial charge in [-0.2, -0.15) is 10.2 Å². The van der Waals surface area contributed by atoms with Crippen LogP contribution in [0.2, 0.25) is 0 Å². The van der Waals surface area contributed by atoms with Gasteiger partial charge < -0.3 is 9.64 Å². The summed E-state index contributed by atoms with van der Waals surface area (Å²) < 4.78 is 74.5. The lowest BCUT2D eigenvalue weighted by Crippen LogP contribution is -2.42. The number of hydrogen-bond donors (Lipinski definition) is 0. The lowest BCUT2D eigenvalue weighted by Gasteiger charge is -2.28. The first-order valence-electron chi connectivity index (χ1n) is 9.86.